The van der Waals surface area contributed by atoms with E-state index < -0.39 is 11.6 Å². The third kappa shape index (κ3) is 2.70. The van der Waals surface area contributed by atoms with E-state index in [2.05, 4.69) is 9.97 Å². The van der Waals surface area contributed by atoms with Gasteiger partial charge in [0, 0.05) is 0 Å². The summed E-state index contributed by atoms with van der Waals surface area (Å²) in [5.41, 5.74) is 0. The summed E-state index contributed by atoms with van der Waals surface area (Å²) in [7, 11) is 1.40. The largest absolute Gasteiger partial charge is 0.491 e. The van der Waals surface area contributed by atoms with Gasteiger partial charge in [-0.25, -0.2) is 18.7 Å². The van der Waals surface area contributed by atoms with Gasteiger partial charge in [-0.2, -0.15) is 0 Å². The van der Waals surface area contributed by atoms with Crippen LogP contribution in [0.5, 0.6) is 5.75 Å². The molecular weight excluding hydrogens is 282 g/mol. The summed E-state index contributed by atoms with van der Waals surface area (Å²) in [5.74, 6) is -0.843. The van der Waals surface area contributed by atoms with Gasteiger partial charge in [-0.05, 0) is 18.2 Å². The third-order valence-corrected chi connectivity index (χ3v) is 3.32. The maximum Gasteiger partial charge on any atom is 0.188 e. The highest BCUT2D eigenvalue weighted by Gasteiger charge is 2.14. The lowest BCUT2D eigenvalue weighted by molar-refractivity contribution is 0.398. The van der Waals surface area contributed by atoms with Crippen LogP contribution < -0.4 is 4.74 Å². The maximum absolute atomic E-state index is 13.5. The minimum atomic E-state index is -0.543. The number of hydrogen-bond donors (Lipinski definition) is 0. The summed E-state index contributed by atoms with van der Waals surface area (Å²) in [5, 5.41) is 0.439. The van der Waals surface area contributed by atoms with E-state index in [1.807, 2.05) is 0 Å². The van der Waals surface area contributed by atoms with E-state index in [0.29, 0.717) is 5.03 Å². The summed E-state index contributed by atoms with van der Waals surface area (Å²) >= 11 is 6.73. The molecule has 0 bridgehead atoms. The van der Waals surface area contributed by atoms with Crippen molar-refractivity contribution in [2.45, 2.75) is 9.92 Å². The number of nitrogens with zero attached hydrogens (tertiary/aromatic N) is 2. The Bertz CT molecular complexity index is 583. The van der Waals surface area contributed by atoms with Crippen molar-refractivity contribution in [3.05, 3.63) is 41.3 Å². The van der Waals surface area contributed by atoms with Crippen molar-refractivity contribution in [2.75, 3.05) is 7.11 Å². The predicted octanol–water partition coefficient (Wildman–Crippen LogP) is 3.57. The molecule has 0 aliphatic rings. The Labute approximate surface area is 111 Å². The van der Waals surface area contributed by atoms with Gasteiger partial charge in [-0.15, -0.1) is 0 Å². The molecule has 3 nitrogen and oxygen atoms in total. The van der Waals surface area contributed by atoms with Crippen molar-refractivity contribution in [2.24, 2.45) is 0 Å². The lowest BCUT2D eigenvalue weighted by atomic mass is 10.3. The molecule has 0 N–H and O–H groups in total. The van der Waals surface area contributed by atoms with Crippen LogP contribution >= 0.6 is 23.4 Å². The molecule has 94 valence electrons. The highest BCUT2D eigenvalue weighted by molar-refractivity contribution is 7.99. The van der Waals surface area contributed by atoms with Gasteiger partial charge >= 0.3 is 0 Å². The smallest absolute Gasteiger partial charge is 0.188 e. The molecule has 0 saturated carbocycles. The van der Waals surface area contributed by atoms with Crippen LogP contribution in [0.1, 0.15) is 0 Å². The molecule has 0 atom stereocenters. The predicted molar refractivity (Wildman–Crippen MR) is 64.1 cm³/mol. The second kappa shape index (κ2) is 5.49. The van der Waals surface area contributed by atoms with Gasteiger partial charge in [0.15, 0.2) is 10.9 Å². The summed E-state index contributed by atoms with van der Waals surface area (Å²) in [6.07, 6.45) is 1.23. The molecule has 0 radical (unpaired) electrons. The first-order valence-corrected chi connectivity index (χ1v) is 5.98. The van der Waals surface area contributed by atoms with E-state index in [1.165, 1.54) is 13.4 Å². The molecule has 2 aromatic rings. The average Bonchev–Trinajstić information content (AvgIpc) is 2.34. The Morgan fingerprint density at radius 2 is 2.06 bits per heavy atom. The van der Waals surface area contributed by atoms with Crippen LogP contribution in [0.15, 0.2) is 34.4 Å². The lowest BCUT2D eigenvalue weighted by Gasteiger charge is -2.08. The molecule has 2 rings (SSSR count). The van der Waals surface area contributed by atoms with E-state index in [9.17, 15) is 8.78 Å². The Kier molecular flexibility index (Phi) is 3.98. The zero-order valence-electron chi connectivity index (χ0n) is 9.15. The Morgan fingerprint density at radius 1 is 1.28 bits per heavy atom. The van der Waals surface area contributed by atoms with Crippen molar-refractivity contribution in [1.82, 2.24) is 9.97 Å². The summed E-state index contributed by atoms with van der Waals surface area (Å²) in [4.78, 5) is 7.77. The van der Waals surface area contributed by atoms with Gasteiger partial charge in [-0.1, -0.05) is 23.4 Å². The number of halogens is 3. The molecule has 7 heteroatoms. The van der Waals surface area contributed by atoms with Crippen molar-refractivity contribution in [1.29, 1.82) is 0 Å². The second-order valence-electron chi connectivity index (χ2n) is 3.18. The monoisotopic (exact) mass is 288 g/mol. The number of ether oxygens (including phenoxy) is 1. The van der Waals surface area contributed by atoms with Gasteiger partial charge in [-0.3, -0.25) is 0 Å². The number of rotatable bonds is 3. The Balaban J connectivity index is 2.40. The molecule has 0 saturated heterocycles. The molecule has 1 heterocycles. The number of methoxy groups -OCH3 is 1. The normalized spacial score (nSPS) is 10.4. The fraction of sp³-hybridized carbons (Fsp3) is 0.0909. The molecule has 0 fully saturated rings. The minimum Gasteiger partial charge on any atom is -0.491 e. The molecule has 0 amide bonds. The molecule has 1 aromatic heterocycles. The standard InChI is InChI=1S/C11H7ClF2N2OS/c1-17-9-10(12)15-5-16-11(9)18-8-4-6(13)2-3-7(8)14/h2-5H,1H3. The fourth-order valence-electron chi connectivity index (χ4n) is 1.24. The van der Waals surface area contributed by atoms with Gasteiger partial charge < -0.3 is 4.74 Å². The lowest BCUT2D eigenvalue weighted by Crippen LogP contribution is -1.93. The van der Waals surface area contributed by atoms with E-state index in [-0.39, 0.29) is 15.8 Å². The van der Waals surface area contributed by atoms with Crippen molar-refractivity contribution < 1.29 is 13.5 Å². The average molecular weight is 289 g/mol. The van der Waals surface area contributed by atoms with Crippen LogP contribution in [-0.2, 0) is 0 Å². The van der Waals surface area contributed by atoms with Crippen molar-refractivity contribution in [3.63, 3.8) is 0 Å². The van der Waals surface area contributed by atoms with E-state index in [0.717, 1.165) is 30.0 Å². The maximum atomic E-state index is 13.5. The van der Waals surface area contributed by atoms with E-state index in [1.54, 1.807) is 0 Å². The zero-order valence-corrected chi connectivity index (χ0v) is 10.7. The third-order valence-electron chi connectivity index (χ3n) is 2.03. The van der Waals surface area contributed by atoms with Crippen LogP contribution in [0, 0.1) is 11.6 Å². The van der Waals surface area contributed by atoms with Crippen LogP contribution in [-0.4, -0.2) is 17.1 Å². The minimum absolute atomic E-state index is 0.100. The Morgan fingerprint density at radius 3 is 2.78 bits per heavy atom. The molecule has 0 aliphatic heterocycles. The van der Waals surface area contributed by atoms with Gasteiger partial charge in [0.25, 0.3) is 0 Å². The van der Waals surface area contributed by atoms with Crippen LogP contribution in [0.2, 0.25) is 5.15 Å². The molecule has 18 heavy (non-hydrogen) atoms. The van der Waals surface area contributed by atoms with Crippen LogP contribution in [0.4, 0.5) is 8.78 Å². The molecular formula is C11H7ClF2N2OS. The van der Waals surface area contributed by atoms with Gasteiger partial charge in [0.1, 0.15) is 23.0 Å². The highest BCUT2D eigenvalue weighted by atomic mass is 35.5. The number of aromatic nitrogens is 2. The first kappa shape index (κ1) is 13.0. The van der Waals surface area contributed by atoms with Gasteiger partial charge in [0.05, 0.1) is 12.0 Å². The molecule has 1 aromatic carbocycles. The summed E-state index contributed by atoms with van der Waals surface area (Å²) in [6, 6.07) is 3.17. The number of hydrogen-bond acceptors (Lipinski definition) is 4. The molecule has 0 unspecified atom stereocenters. The fourth-order valence-corrected chi connectivity index (χ4v) is 2.43. The Hall–Kier alpha value is -1.40. The summed E-state index contributed by atoms with van der Waals surface area (Å²) in [6.45, 7) is 0. The number of benzene rings is 1. The van der Waals surface area contributed by atoms with Crippen molar-refractivity contribution in [3.8, 4) is 5.75 Å². The zero-order chi connectivity index (χ0) is 13.1. The highest BCUT2D eigenvalue weighted by Crippen LogP contribution is 2.37. The van der Waals surface area contributed by atoms with E-state index in [4.69, 9.17) is 16.3 Å². The SMILES string of the molecule is COc1c(Cl)ncnc1Sc1cc(F)ccc1F. The van der Waals surface area contributed by atoms with Gasteiger partial charge in [0.2, 0.25) is 0 Å². The quantitative estimate of drug-likeness (QED) is 0.809. The first-order valence-electron chi connectivity index (χ1n) is 4.79. The molecule has 0 aliphatic carbocycles. The van der Waals surface area contributed by atoms with Crippen LogP contribution in [0.25, 0.3) is 0 Å². The summed E-state index contributed by atoms with van der Waals surface area (Å²) < 4.78 is 31.6. The molecule has 0 spiro atoms. The van der Waals surface area contributed by atoms with Crippen LogP contribution in [0.3, 0.4) is 0 Å². The first-order chi connectivity index (χ1) is 8.61. The van der Waals surface area contributed by atoms with E-state index >= 15 is 0 Å². The topological polar surface area (TPSA) is 35.0 Å². The van der Waals surface area contributed by atoms with Crippen molar-refractivity contribution >= 4 is 23.4 Å². The second-order valence-corrected chi connectivity index (χ2v) is 4.57.